The first kappa shape index (κ1) is 23.9. The van der Waals surface area contributed by atoms with E-state index in [1.165, 1.54) is 0 Å². The molecule has 0 aliphatic rings. The highest BCUT2D eigenvalue weighted by Gasteiger charge is 2.19. The Morgan fingerprint density at radius 1 is 1.03 bits per heavy atom. The summed E-state index contributed by atoms with van der Waals surface area (Å²) >= 11 is 6.38. The number of carbonyl (C=O) groups excluding carboxylic acids is 1. The summed E-state index contributed by atoms with van der Waals surface area (Å²) < 4.78 is 16.2. The fourth-order valence-corrected chi connectivity index (χ4v) is 3.39. The number of aromatic nitrogens is 2. The molecule has 0 aliphatic carbocycles. The van der Waals surface area contributed by atoms with E-state index in [0.29, 0.717) is 39.2 Å². The first-order valence-corrected chi connectivity index (χ1v) is 10.9. The van der Waals surface area contributed by atoms with Gasteiger partial charge in [-0.3, -0.25) is 9.59 Å². The molecule has 4 aromatic rings. The predicted octanol–water partition coefficient (Wildman–Crippen LogP) is 4.69. The maximum atomic E-state index is 11.8. The highest BCUT2D eigenvalue weighted by atomic mass is 35.5. The first-order valence-electron chi connectivity index (χ1n) is 10.5. The van der Waals surface area contributed by atoms with Crippen molar-refractivity contribution < 1.29 is 28.7 Å². The lowest BCUT2D eigenvalue weighted by Gasteiger charge is -2.10. The van der Waals surface area contributed by atoms with Gasteiger partial charge in [0.05, 0.1) is 11.4 Å². The molecule has 0 spiro atoms. The van der Waals surface area contributed by atoms with E-state index >= 15 is 0 Å². The van der Waals surface area contributed by atoms with Gasteiger partial charge in [0.25, 0.3) is 5.89 Å². The van der Waals surface area contributed by atoms with Gasteiger partial charge in [-0.15, -0.1) is 0 Å². The van der Waals surface area contributed by atoms with Crippen molar-refractivity contribution in [3.63, 3.8) is 0 Å². The third-order valence-corrected chi connectivity index (χ3v) is 5.17. The number of nitrogens with zero attached hydrogens (tertiary/aromatic N) is 2. The molecule has 1 atom stereocenters. The lowest BCUT2D eigenvalue weighted by atomic mass is 10.1. The molecule has 1 heterocycles. The summed E-state index contributed by atoms with van der Waals surface area (Å²) in [6.07, 6.45) is -0.512. The van der Waals surface area contributed by atoms with Crippen LogP contribution in [0.4, 0.5) is 0 Å². The van der Waals surface area contributed by atoms with E-state index in [1.807, 2.05) is 42.5 Å². The zero-order valence-corrected chi connectivity index (χ0v) is 19.0. The molecule has 4 rings (SSSR count). The van der Waals surface area contributed by atoms with Gasteiger partial charge in [-0.2, -0.15) is 4.98 Å². The number of hydrogen-bond acceptors (Lipinski definition) is 8. The molecule has 35 heavy (non-hydrogen) atoms. The molecule has 10 heteroatoms. The highest BCUT2D eigenvalue weighted by Crippen LogP contribution is 2.30. The van der Waals surface area contributed by atoms with Crippen LogP contribution in [-0.2, 0) is 20.9 Å². The average molecular weight is 494 g/mol. The minimum Gasteiger partial charge on any atom is -0.481 e. The molecule has 0 bridgehead atoms. The van der Waals surface area contributed by atoms with Gasteiger partial charge in [0, 0.05) is 11.1 Å². The maximum Gasteiger partial charge on any atom is 0.323 e. The Hall–Kier alpha value is -4.21. The Morgan fingerprint density at radius 3 is 2.43 bits per heavy atom. The monoisotopic (exact) mass is 493 g/mol. The number of carbonyl (C=O) groups is 2. The molecular formula is C25H20ClN3O6. The summed E-state index contributed by atoms with van der Waals surface area (Å²) in [5.41, 5.74) is 7.32. The number of rotatable bonds is 9. The highest BCUT2D eigenvalue weighted by molar-refractivity contribution is 6.33. The summed E-state index contributed by atoms with van der Waals surface area (Å²) in [4.78, 5) is 26.9. The van der Waals surface area contributed by atoms with Crippen molar-refractivity contribution >= 4 is 23.5 Å². The number of carboxylic acids is 1. The summed E-state index contributed by atoms with van der Waals surface area (Å²) in [7, 11) is 0. The topological polar surface area (TPSA) is 138 Å². The van der Waals surface area contributed by atoms with Crippen LogP contribution in [0.2, 0.25) is 5.02 Å². The van der Waals surface area contributed by atoms with Gasteiger partial charge >= 0.3 is 11.9 Å². The number of benzene rings is 3. The molecule has 0 radical (unpaired) electrons. The summed E-state index contributed by atoms with van der Waals surface area (Å²) in [6, 6.07) is 20.4. The van der Waals surface area contributed by atoms with Crippen molar-refractivity contribution in [2.24, 2.45) is 5.73 Å². The average Bonchev–Trinajstić information content (AvgIpc) is 3.33. The van der Waals surface area contributed by atoms with E-state index in [4.69, 9.17) is 36.4 Å². The molecule has 1 unspecified atom stereocenters. The number of halogens is 1. The van der Waals surface area contributed by atoms with E-state index in [1.54, 1.807) is 30.3 Å². The van der Waals surface area contributed by atoms with Crippen LogP contribution in [0, 0.1) is 0 Å². The third-order valence-electron chi connectivity index (χ3n) is 4.86. The van der Waals surface area contributed by atoms with Crippen LogP contribution in [0.25, 0.3) is 22.8 Å². The lowest BCUT2D eigenvalue weighted by molar-refractivity contribution is -0.150. The number of hydrogen-bond donors (Lipinski definition) is 2. The largest absolute Gasteiger partial charge is 0.481 e. The van der Waals surface area contributed by atoms with Gasteiger partial charge in [0.2, 0.25) is 5.82 Å². The Bertz CT molecular complexity index is 1320. The number of aliphatic carboxylic acids is 1. The number of para-hydroxylation sites is 1. The van der Waals surface area contributed by atoms with Crippen LogP contribution in [0.1, 0.15) is 12.0 Å². The van der Waals surface area contributed by atoms with E-state index in [9.17, 15) is 9.59 Å². The third kappa shape index (κ3) is 6.23. The van der Waals surface area contributed by atoms with Gasteiger partial charge in [0.1, 0.15) is 24.1 Å². The Kier molecular flexibility index (Phi) is 7.39. The lowest BCUT2D eigenvalue weighted by Crippen LogP contribution is -2.34. The molecule has 0 fully saturated rings. The second kappa shape index (κ2) is 10.8. The second-order valence-corrected chi connectivity index (χ2v) is 7.90. The number of nitrogens with two attached hydrogens (primary N) is 1. The number of esters is 1. The predicted molar refractivity (Wildman–Crippen MR) is 127 cm³/mol. The number of ether oxygens (including phenoxy) is 2. The molecule has 178 valence electrons. The summed E-state index contributed by atoms with van der Waals surface area (Å²) in [5, 5.41) is 13.0. The van der Waals surface area contributed by atoms with E-state index in [2.05, 4.69) is 10.1 Å². The fraction of sp³-hybridized carbons (Fsp3) is 0.120. The molecule has 0 saturated heterocycles. The molecule has 0 aliphatic heterocycles. The molecule has 0 amide bonds. The summed E-state index contributed by atoms with van der Waals surface area (Å²) in [6.45, 7) is -0.110. The fourth-order valence-electron chi connectivity index (χ4n) is 3.10. The summed E-state index contributed by atoms with van der Waals surface area (Å²) in [5.74, 6) is 0.0157. The van der Waals surface area contributed by atoms with Crippen molar-refractivity contribution in [1.82, 2.24) is 10.1 Å². The van der Waals surface area contributed by atoms with Crippen molar-refractivity contribution in [3.8, 4) is 34.3 Å². The Balaban J connectivity index is 1.41. The van der Waals surface area contributed by atoms with Crippen LogP contribution in [0.5, 0.6) is 11.5 Å². The van der Waals surface area contributed by atoms with E-state index < -0.39 is 24.4 Å². The Labute approximate surface area is 205 Å². The van der Waals surface area contributed by atoms with Crippen LogP contribution >= 0.6 is 11.6 Å². The second-order valence-electron chi connectivity index (χ2n) is 7.49. The van der Waals surface area contributed by atoms with Crippen LogP contribution in [0.15, 0.2) is 77.3 Å². The van der Waals surface area contributed by atoms with Crippen molar-refractivity contribution in [2.45, 2.75) is 19.1 Å². The zero-order chi connectivity index (χ0) is 24.8. The van der Waals surface area contributed by atoms with Gasteiger partial charge in [-0.25, -0.2) is 0 Å². The normalized spacial score (nSPS) is 11.6. The molecule has 1 aromatic heterocycles. The van der Waals surface area contributed by atoms with Crippen LogP contribution < -0.4 is 10.5 Å². The minimum absolute atomic E-state index is 0.110. The smallest absolute Gasteiger partial charge is 0.323 e. The quantitative estimate of drug-likeness (QED) is 0.318. The van der Waals surface area contributed by atoms with Crippen LogP contribution in [-0.4, -0.2) is 33.2 Å². The SMILES string of the molecule is NC(CC(=O)O)C(=O)OCc1ccc(-c2noc(-c3ccc(Oc4ccccc4)cc3)n2)c(Cl)c1. The zero-order valence-electron chi connectivity index (χ0n) is 18.3. The van der Waals surface area contributed by atoms with Gasteiger partial charge in [0.15, 0.2) is 0 Å². The van der Waals surface area contributed by atoms with Gasteiger partial charge < -0.3 is 24.8 Å². The minimum atomic E-state index is -1.24. The standard InChI is InChI=1S/C25H20ClN3O6/c26-20-12-15(14-33-25(32)21(27)13-22(30)31)6-11-19(20)23-28-24(35-29-23)16-7-9-18(10-8-16)34-17-4-2-1-3-5-17/h1-12,21H,13-14,27H2,(H,30,31). The van der Waals surface area contributed by atoms with Crippen molar-refractivity contribution in [3.05, 3.63) is 83.4 Å². The van der Waals surface area contributed by atoms with E-state index in [-0.39, 0.29) is 6.61 Å². The number of carboxylic acid groups (broad SMARTS) is 1. The van der Waals surface area contributed by atoms with Crippen molar-refractivity contribution in [1.29, 1.82) is 0 Å². The molecule has 3 N–H and O–H groups in total. The first-order chi connectivity index (χ1) is 16.9. The molecule has 9 nitrogen and oxygen atoms in total. The molecular weight excluding hydrogens is 474 g/mol. The maximum absolute atomic E-state index is 11.8. The van der Waals surface area contributed by atoms with Crippen molar-refractivity contribution in [2.75, 3.05) is 0 Å². The molecule has 0 saturated carbocycles. The van der Waals surface area contributed by atoms with Gasteiger partial charge in [-0.1, -0.05) is 41.0 Å². The Morgan fingerprint density at radius 2 is 1.74 bits per heavy atom. The molecule has 3 aromatic carbocycles. The van der Waals surface area contributed by atoms with Gasteiger partial charge in [-0.05, 0) is 54.1 Å². The van der Waals surface area contributed by atoms with Crippen LogP contribution in [0.3, 0.4) is 0 Å². The van der Waals surface area contributed by atoms with E-state index in [0.717, 1.165) is 5.75 Å².